The molecule has 0 spiro atoms. The van der Waals surface area contributed by atoms with Crippen LogP contribution in [0.25, 0.3) is 0 Å². The van der Waals surface area contributed by atoms with E-state index in [1.54, 1.807) is 24.3 Å². The van der Waals surface area contributed by atoms with Gasteiger partial charge in [0, 0.05) is 23.8 Å². The number of carbonyl (C=O) groups is 1. The van der Waals surface area contributed by atoms with Gasteiger partial charge in [-0.25, -0.2) is 12.7 Å². The third-order valence-electron chi connectivity index (χ3n) is 5.04. The predicted octanol–water partition coefficient (Wildman–Crippen LogP) is 4.08. The Morgan fingerprint density at radius 1 is 1.11 bits per heavy atom. The molecule has 1 aliphatic rings. The second-order valence-electron chi connectivity index (χ2n) is 7.12. The summed E-state index contributed by atoms with van der Waals surface area (Å²) < 4.78 is 27.0. The number of anilines is 1. The first-order chi connectivity index (χ1) is 13.4. The van der Waals surface area contributed by atoms with Crippen LogP contribution in [-0.2, 0) is 27.0 Å². The highest BCUT2D eigenvalue weighted by molar-refractivity contribution is 7.88. The Balaban J connectivity index is 1.63. The lowest BCUT2D eigenvalue weighted by molar-refractivity contribution is -0.120. The number of hydrogen-bond acceptors (Lipinski definition) is 3. The molecule has 0 unspecified atom stereocenters. The Labute approximate surface area is 171 Å². The van der Waals surface area contributed by atoms with Crippen LogP contribution in [0.2, 0.25) is 5.02 Å². The molecule has 0 aromatic heterocycles. The molecule has 150 valence electrons. The quantitative estimate of drug-likeness (QED) is 0.765. The van der Waals surface area contributed by atoms with Gasteiger partial charge in [-0.2, -0.15) is 0 Å². The van der Waals surface area contributed by atoms with Gasteiger partial charge in [-0.1, -0.05) is 42.8 Å². The second kappa shape index (κ2) is 9.07. The lowest BCUT2D eigenvalue weighted by Crippen LogP contribution is -2.44. The summed E-state index contributed by atoms with van der Waals surface area (Å²) in [6, 6.07) is 14.5. The standard InChI is InChI=1S/C21H25ClN2O3S/c1-2-16-7-11-20(12-8-16)23-21(25)18-4-3-13-24(14-18)28(26,27)15-17-5-9-19(22)10-6-17/h5-12,18H,2-4,13-15H2,1H3,(H,23,25)/t18-/m0/s1. The van der Waals surface area contributed by atoms with Crippen molar-refractivity contribution in [3.8, 4) is 0 Å². The van der Waals surface area contributed by atoms with Crippen LogP contribution in [-0.4, -0.2) is 31.7 Å². The first kappa shape index (κ1) is 20.8. The average molecular weight is 421 g/mol. The SMILES string of the molecule is CCc1ccc(NC(=O)[C@H]2CCCN(S(=O)(=O)Cc3ccc(Cl)cc3)C2)cc1. The number of halogens is 1. The van der Waals surface area contributed by atoms with Crippen LogP contribution in [0, 0.1) is 5.92 Å². The maximum Gasteiger partial charge on any atom is 0.228 e. The molecule has 2 aromatic carbocycles. The zero-order chi connectivity index (χ0) is 20.1. The molecule has 0 bridgehead atoms. The second-order valence-corrected chi connectivity index (χ2v) is 9.52. The van der Waals surface area contributed by atoms with Crippen LogP contribution in [0.15, 0.2) is 48.5 Å². The number of benzene rings is 2. The number of sulfonamides is 1. The lowest BCUT2D eigenvalue weighted by atomic mass is 9.98. The normalized spacial score (nSPS) is 18.0. The number of carbonyl (C=O) groups excluding carboxylic acids is 1. The van der Waals surface area contributed by atoms with Crippen molar-refractivity contribution in [3.63, 3.8) is 0 Å². The molecular formula is C21H25ClN2O3S. The highest BCUT2D eigenvalue weighted by Gasteiger charge is 2.32. The number of nitrogens with zero attached hydrogens (tertiary/aromatic N) is 1. The van der Waals surface area contributed by atoms with Crippen molar-refractivity contribution in [2.75, 3.05) is 18.4 Å². The van der Waals surface area contributed by atoms with Gasteiger partial charge in [-0.05, 0) is 54.7 Å². The highest BCUT2D eigenvalue weighted by atomic mass is 35.5. The Morgan fingerprint density at radius 2 is 1.75 bits per heavy atom. The highest BCUT2D eigenvalue weighted by Crippen LogP contribution is 2.23. The average Bonchev–Trinajstić information content (AvgIpc) is 2.70. The van der Waals surface area contributed by atoms with Crippen molar-refractivity contribution in [3.05, 3.63) is 64.7 Å². The van der Waals surface area contributed by atoms with E-state index in [0.29, 0.717) is 30.0 Å². The zero-order valence-electron chi connectivity index (χ0n) is 15.9. The molecule has 1 fully saturated rings. The summed E-state index contributed by atoms with van der Waals surface area (Å²) in [5.74, 6) is -0.563. The lowest BCUT2D eigenvalue weighted by Gasteiger charge is -2.31. The number of nitrogens with one attached hydrogen (secondary N) is 1. The van der Waals surface area contributed by atoms with Gasteiger partial charge >= 0.3 is 0 Å². The molecule has 5 nitrogen and oxygen atoms in total. The Kier molecular flexibility index (Phi) is 6.75. The number of rotatable bonds is 6. The van der Waals surface area contributed by atoms with E-state index in [1.165, 1.54) is 9.87 Å². The van der Waals surface area contributed by atoms with Crippen LogP contribution >= 0.6 is 11.6 Å². The molecule has 0 radical (unpaired) electrons. The van der Waals surface area contributed by atoms with Gasteiger partial charge in [-0.15, -0.1) is 0 Å². The molecule has 1 aliphatic heterocycles. The van der Waals surface area contributed by atoms with Gasteiger partial charge in [-0.3, -0.25) is 4.79 Å². The molecule has 7 heteroatoms. The largest absolute Gasteiger partial charge is 0.326 e. The van der Waals surface area contributed by atoms with Crippen molar-refractivity contribution < 1.29 is 13.2 Å². The van der Waals surface area contributed by atoms with Crippen LogP contribution in [0.3, 0.4) is 0 Å². The molecule has 28 heavy (non-hydrogen) atoms. The molecule has 3 rings (SSSR count). The molecule has 1 amide bonds. The van der Waals surface area contributed by atoms with E-state index in [2.05, 4.69) is 12.2 Å². The van der Waals surface area contributed by atoms with E-state index in [9.17, 15) is 13.2 Å². The van der Waals surface area contributed by atoms with E-state index >= 15 is 0 Å². The molecule has 1 saturated heterocycles. The molecule has 1 N–H and O–H groups in total. The summed E-state index contributed by atoms with van der Waals surface area (Å²) >= 11 is 5.86. The van der Waals surface area contributed by atoms with Gasteiger partial charge in [0.15, 0.2) is 0 Å². The van der Waals surface area contributed by atoms with E-state index in [4.69, 9.17) is 11.6 Å². The van der Waals surface area contributed by atoms with E-state index in [0.717, 1.165) is 12.1 Å². The molecule has 1 heterocycles. The first-order valence-corrected chi connectivity index (χ1v) is 11.5. The van der Waals surface area contributed by atoms with Gasteiger partial charge in [0.2, 0.25) is 15.9 Å². The fraction of sp³-hybridized carbons (Fsp3) is 0.381. The smallest absolute Gasteiger partial charge is 0.228 e. The maximum atomic E-state index is 12.8. The number of amides is 1. The van der Waals surface area contributed by atoms with Crippen molar-refractivity contribution in [1.82, 2.24) is 4.31 Å². The Morgan fingerprint density at radius 3 is 2.39 bits per heavy atom. The summed E-state index contributed by atoms with van der Waals surface area (Å²) in [5, 5.41) is 3.49. The minimum Gasteiger partial charge on any atom is -0.326 e. The summed E-state index contributed by atoms with van der Waals surface area (Å²) in [4.78, 5) is 12.6. The third-order valence-corrected chi connectivity index (χ3v) is 7.11. The number of aryl methyl sites for hydroxylation is 1. The molecule has 0 saturated carbocycles. The molecule has 2 aromatic rings. The van der Waals surface area contributed by atoms with Gasteiger partial charge in [0.25, 0.3) is 0 Å². The van der Waals surface area contributed by atoms with E-state index in [-0.39, 0.29) is 24.1 Å². The summed E-state index contributed by atoms with van der Waals surface area (Å²) in [5.41, 5.74) is 2.63. The van der Waals surface area contributed by atoms with Gasteiger partial charge in [0.05, 0.1) is 11.7 Å². The van der Waals surface area contributed by atoms with Crippen molar-refractivity contribution in [1.29, 1.82) is 0 Å². The Bertz CT molecular complexity index is 912. The maximum absolute atomic E-state index is 12.8. The van der Waals surface area contributed by atoms with E-state index in [1.807, 2.05) is 24.3 Å². The first-order valence-electron chi connectivity index (χ1n) is 9.49. The zero-order valence-corrected chi connectivity index (χ0v) is 17.5. The van der Waals surface area contributed by atoms with Crippen molar-refractivity contribution in [2.24, 2.45) is 5.92 Å². The minimum atomic E-state index is -3.49. The fourth-order valence-corrected chi connectivity index (χ4v) is 5.10. The van der Waals surface area contributed by atoms with Crippen molar-refractivity contribution >= 4 is 33.2 Å². The minimum absolute atomic E-state index is 0.0863. The monoisotopic (exact) mass is 420 g/mol. The topological polar surface area (TPSA) is 66.5 Å². The Hall–Kier alpha value is -1.89. The van der Waals surface area contributed by atoms with Crippen LogP contribution in [0.4, 0.5) is 5.69 Å². The molecular weight excluding hydrogens is 396 g/mol. The molecule has 0 aliphatic carbocycles. The number of piperidine rings is 1. The summed E-state index contributed by atoms with van der Waals surface area (Å²) in [6.07, 6.45) is 2.30. The van der Waals surface area contributed by atoms with Crippen LogP contribution in [0.1, 0.15) is 30.9 Å². The number of hydrogen-bond donors (Lipinski definition) is 1. The fourth-order valence-electron chi connectivity index (χ4n) is 3.36. The predicted molar refractivity (Wildman–Crippen MR) is 113 cm³/mol. The van der Waals surface area contributed by atoms with Gasteiger partial charge in [0.1, 0.15) is 0 Å². The van der Waals surface area contributed by atoms with Gasteiger partial charge < -0.3 is 5.32 Å². The third kappa shape index (κ3) is 5.34. The van der Waals surface area contributed by atoms with E-state index < -0.39 is 10.0 Å². The van der Waals surface area contributed by atoms with Crippen LogP contribution < -0.4 is 5.32 Å². The molecule has 1 atom stereocenters. The summed E-state index contributed by atoms with van der Waals surface area (Å²) in [6.45, 7) is 2.74. The summed E-state index contributed by atoms with van der Waals surface area (Å²) in [7, 11) is -3.49. The van der Waals surface area contributed by atoms with Crippen LogP contribution in [0.5, 0.6) is 0 Å². The van der Waals surface area contributed by atoms with Crippen molar-refractivity contribution in [2.45, 2.75) is 31.9 Å².